The average molecular weight is 1870 g/mol. The fourth-order valence-electron chi connectivity index (χ4n) is 19.9. The highest BCUT2D eigenvalue weighted by Crippen LogP contribution is 2.47. The van der Waals surface area contributed by atoms with E-state index in [0.29, 0.717) is 56.4 Å². The molecule has 0 spiro atoms. The summed E-state index contributed by atoms with van der Waals surface area (Å²) in [6.07, 6.45) is 1.94. The molecule has 0 atom stereocenters. The normalized spacial score (nSPS) is 11.8. The maximum atomic E-state index is 12.1. The van der Waals surface area contributed by atoms with Crippen molar-refractivity contribution in [1.29, 1.82) is 0 Å². The van der Waals surface area contributed by atoms with Crippen LogP contribution < -0.4 is 103 Å². The van der Waals surface area contributed by atoms with E-state index in [0.717, 1.165) is 180 Å². The first-order valence-electron chi connectivity index (χ1n) is 46.2. The molecular weight excluding hydrogens is 1770 g/mol. The lowest BCUT2D eigenvalue weighted by molar-refractivity contribution is 0.103. The van der Waals surface area contributed by atoms with Gasteiger partial charge < -0.3 is 117 Å². The summed E-state index contributed by atoms with van der Waals surface area (Å²) in [5, 5.41) is 20.7. The molecule has 0 saturated carbocycles. The molecule has 23 heteroatoms. The van der Waals surface area contributed by atoms with Gasteiger partial charge in [0.2, 0.25) is 0 Å². The quantitative estimate of drug-likeness (QED) is 0.0495. The van der Waals surface area contributed by atoms with Crippen molar-refractivity contribution >= 4 is 244 Å². The second kappa shape index (κ2) is 36.0. The lowest BCUT2D eigenvalue weighted by Gasteiger charge is -2.13. The molecule has 25 aromatic rings. The first kappa shape index (κ1) is 89.6. The fraction of sp³-hybridized carbons (Fsp3) is 0.0167. The van der Waals surface area contributed by atoms with Crippen LogP contribution >= 0.6 is 0 Å². The number of anilines is 18. The SMILES string of the molecule is Nc1ccc2c(c1)-c1cc(N)ccc1C2.Nc1ccc2c(c1)-c1cc(N)ccc1C2=O.Nc1ccc2c(c1)C(=O)c1cc(N)ccc1-2.Nc1ccc2c(c1)Cc1cc(N)ccc1-2.Nc1ccc2c(c1)[nH]c1cc(N)ccc12.Nc1ccc2c(c1)oc1cc(N)ccc12.Nc1ccc2ccc3c(N)ccc4ccc1c2c43.Nc1ccc2ccc3ccc(N)c4ccc1c2c34.Nc1ccc2oc3ccc(N)cc3c2c1. The van der Waals surface area contributed by atoms with Crippen LogP contribution in [0.3, 0.4) is 0 Å². The zero-order chi connectivity index (χ0) is 99.2. The van der Waals surface area contributed by atoms with E-state index in [9.17, 15) is 9.59 Å². The number of hydrogen-bond acceptors (Lipinski definition) is 22. The lowest BCUT2D eigenvalue weighted by atomic mass is 9.93. The van der Waals surface area contributed by atoms with E-state index in [1.807, 2.05) is 206 Å². The molecular formula is C120H99N19O4. The van der Waals surface area contributed by atoms with E-state index in [-0.39, 0.29) is 11.6 Å². The van der Waals surface area contributed by atoms with Gasteiger partial charge in [-0.2, -0.15) is 0 Å². The summed E-state index contributed by atoms with van der Waals surface area (Å²) in [4.78, 5) is 27.4. The number of carbonyl (C=O) groups is 2. The van der Waals surface area contributed by atoms with E-state index < -0.39 is 0 Å². The molecule has 3 heterocycles. The monoisotopic (exact) mass is 1870 g/mol. The molecule has 29 rings (SSSR count). The third-order valence-corrected chi connectivity index (χ3v) is 26.8. The smallest absolute Gasteiger partial charge is 0.194 e. The van der Waals surface area contributed by atoms with Gasteiger partial charge in [-0.15, -0.1) is 0 Å². The van der Waals surface area contributed by atoms with Crippen LogP contribution in [0.15, 0.2) is 361 Å². The summed E-state index contributed by atoms with van der Waals surface area (Å²) in [5.74, 6) is 0.0506. The summed E-state index contributed by atoms with van der Waals surface area (Å²) >= 11 is 0. The first-order chi connectivity index (χ1) is 69.0. The third-order valence-electron chi connectivity index (χ3n) is 26.8. The van der Waals surface area contributed by atoms with Crippen molar-refractivity contribution in [2.24, 2.45) is 0 Å². The van der Waals surface area contributed by atoms with Crippen molar-refractivity contribution in [3.63, 3.8) is 0 Å². The molecule has 3 aromatic heterocycles. The highest BCUT2D eigenvalue weighted by Gasteiger charge is 2.29. The van der Waals surface area contributed by atoms with Crippen LogP contribution in [-0.2, 0) is 12.8 Å². The summed E-state index contributed by atoms with van der Waals surface area (Å²) in [6, 6.07) is 113. The molecule has 0 bridgehead atoms. The highest BCUT2D eigenvalue weighted by atomic mass is 16.3. The van der Waals surface area contributed by atoms with Crippen molar-refractivity contribution in [1.82, 2.24) is 4.98 Å². The van der Waals surface area contributed by atoms with Gasteiger partial charge in [-0.25, -0.2) is 0 Å². The van der Waals surface area contributed by atoms with E-state index in [1.54, 1.807) is 48.5 Å². The standard InChI is InChI=1S/2C16H12N2.2C13H10N2O.2C13H12N2.C12H11N3.2C12H10N2O/c17-13-8-4-10-2-6-12-14(18)7-3-9-1-5-11(13)16(10)15(9)12;17-13-7-3-9-1-2-10-4-8-14(18)12-6-5-11(13)15(9)16(10)12;14-7-1-3-9-11(5-7)12-6-8(15)2-4-10(12)13(9)16;14-7-1-3-9-10-4-2-8(15)6-12(10)13(16)11(9)5-7;14-10-1-3-12-8(6-10)5-9-7-11(15)2-4-13(9)12;14-10-3-1-8-5-9-2-4-11(15)7-13(9)12(8)6-10;13-7-1-3-9-10-4-2-8(14)6-12(10)15-11(9)5-7;13-7-1-3-11-9(5-7)10-6-8(14)2-4-12(10)15-11;13-7-1-3-9-10-4-2-8(14)6-12(10)15-11(9)5-7/h2*1-8H,17-18H2;2*1-6H,14-15H2;2*1-4,6-7H,5,14-15H2;1-6,15H,13-14H2;2*1-6H,13-14H2. The number of hydrogen-bond donors (Lipinski definition) is 19. The molecule has 4 aliphatic carbocycles. The number of carbonyl (C=O) groups excluding carboxylic acids is 2. The molecule has 23 nitrogen and oxygen atoms in total. The van der Waals surface area contributed by atoms with E-state index >= 15 is 0 Å². The van der Waals surface area contributed by atoms with Gasteiger partial charge in [0.05, 0.1) is 0 Å². The number of rotatable bonds is 0. The van der Waals surface area contributed by atoms with Gasteiger partial charge in [0.1, 0.15) is 22.3 Å². The van der Waals surface area contributed by atoms with Gasteiger partial charge in [-0.05, 0) is 341 Å². The largest absolute Gasteiger partial charge is 0.456 e. The summed E-state index contributed by atoms with van der Waals surface area (Å²) < 4.78 is 11.3. The van der Waals surface area contributed by atoms with Gasteiger partial charge in [-0.1, -0.05) is 121 Å². The minimum Gasteiger partial charge on any atom is -0.456 e. The Balaban J connectivity index is 0.0000000951. The number of benzene rings is 22. The lowest BCUT2D eigenvalue weighted by Crippen LogP contribution is -1.97. The number of nitrogen functional groups attached to an aromatic ring is 18. The van der Waals surface area contributed by atoms with Crippen molar-refractivity contribution < 1.29 is 18.4 Å². The fourth-order valence-corrected chi connectivity index (χ4v) is 19.9. The molecule has 0 fully saturated rings. The van der Waals surface area contributed by atoms with Crippen LogP contribution in [0.4, 0.5) is 102 Å². The van der Waals surface area contributed by atoms with Gasteiger partial charge in [0, 0.05) is 202 Å². The number of ketones is 2. The van der Waals surface area contributed by atoms with Crippen molar-refractivity contribution in [2.75, 3.05) is 103 Å². The second-order valence-corrected chi connectivity index (χ2v) is 36.3. The molecule has 37 N–H and O–H groups in total. The van der Waals surface area contributed by atoms with Crippen molar-refractivity contribution in [3.8, 4) is 44.5 Å². The number of fused-ring (bicyclic) bond motifs is 21. The van der Waals surface area contributed by atoms with Gasteiger partial charge >= 0.3 is 0 Å². The van der Waals surface area contributed by atoms with Crippen LogP contribution in [0.2, 0.25) is 0 Å². The molecule has 0 amide bonds. The van der Waals surface area contributed by atoms with Crippen molar-refractivity contribution in [2.45, 2.75) is 12.8 Å². The maximum Gasteiger partial charge on any atom is 0.194 e. The molecule has 0 radical (unpaired) electrons. The topological polar surface area (TPSA) is 545 Å². The Morgan fingerprint density at radius 2 is 0.413 bits per heavy atom. The van der Waals surface area contributed by atoms with E-state index in [2.05, 4.69) is 102 Å². The van der Waals surface area contributed by atoms with Crippen LogP contribution in [0.1, 0.15) is 54.1 Å². The second-order valence-electron chi connectivity index (χ2n) is 36.3. The molecule has 698 valence electrons. The molecule has 22 aromatic carbocycles. The average Bonchev–Trinajstić information content (AvgIpc) is 1.73. The maximum absolute atomic E-state index is 12.1. The van der Waals surface area contributed by atoms with E-state index in [1.165, 1.54) is 98.4 Å². The number of aromatic amines is 1. The van der Waals surface area contributed by atoms with Crippen LogP contribution in [-0.4, -0.2) is 16.6 Å². The number of nitrogens with two attached hydrogens (primary N) is 18. The van der Waals surface area contributed by atoms with Crippen LogP contribution in [0.25, 0.3) is 175 Å². The zero-order valence-electron chi connectivity index (χ0n) is 77.4. The molecule has 143 heavy (non-hydrogen) atoms. The Kier molecular flexibility index (Phi) is 22.5. The van der Waals surface area contributed by atoms with Gasteiger partial charge in [-0.3, -0.25) is 9.59 Å². The minimum absolute atomic E-state index is 0.00426. The Morgan fingerprint density at radius 3 is 0.790 bits per heavy atom. The number of H-pyrrole nitrogens is 1. The number of furan rings is 2. The molecule has 0 unspecified atom stereocenters. The van der Waals surface area contributed by atoms with Crippen LogP contribution in [0.5, 0.6) is 0 Å². The molecule has 4 aliphatic rings. The Morgan fingerprint density at radius 1 is 0.168 bits per heavy atom. The summed E-state index contributed by atoms with van der Waals surface area (Å²) in [7, 11) is 0. The highest BCUT2D eigenvalue weighted by molar-refractivity contribution is 6.29. The van der Waals surface area contributed by atoms with Crippen molar-refractivity contribution in [3.05, 3.63) is 396 Å². The van der Waals surface area contributed by atoms with Crippen LogP contribution in [0, 0.1) is 0 Å². The zero-order valence-corrected chi connectivity index (χ0v) is 77.4. The summed E-state index contributed by atoms with van der Waals surface area (Å²) in [5.41, 5.74) is 140. The number of nitrogens with one attached hydrogen (secondary N) is 1. The predicted molar refractivity (Wildman–Crippen MR) is 603 cm³/mol. The predicted octanol–water partition coefficient (Wildman–Crippen LogP) is 24.5. The third kappa shape index (κ3) is 17.0. The van der Waals surface area contributed by atoms with E-state index in [4.69, 9.17) is 112 Å². The first-order valence-corrected chi connectivity index (χ1v) is 46.2. The summed E-state index contributed by atoms with van der Waals surface area (Å²) in [6.45, 7) is 0. The van der Waals surface area contributed by atoms with Gasteiger partial charge in [0.25, 0.3) is 0 Å². The Bertz CT molecular complexity index is 8750. The Labute approximate surface area is 819 Å². The molecule has 0 aliphatic heterocycles. The molecule has 0 saturated heterocycles. The minimum atomic E-state index is 0.00426. The Hall–Kier alpha value is -19.9. The van der Waals surface area contributed by atoms with Gasteiger partial charge in [0.15, 0.2) is 11.6 Å². The number of aromatic nitrogens is 1.